The molecule has 1 saturated carbocycles. The second-order valence-electron chi connectivity index (χ2n) is 5.96. The first-order valence-electron chi connectivity index (χ1n) is 5.83. The van der Waals surface area contributed by atoms with E-state index in [-0.39, 0.29) is 11.8 Å². The highest BCUT2D eigenvalue weighted by Crippen LogP contribution is 2.48. The number of alkyl carbamates (subject to hydrolysis) is 1. The molecular weight excluding hydrogens is 222 g/mol. The van der Waals surface area contributed by atoms with Crippen LogP contribution in [0.5, 0.6) is 0 Å². The molecule has 0 aromatic carbocycles. The Morgan fingerprint density at radius 2 is 1.94 bits per heavy atom. The van der Waals surface area contributed by atoms with Crippen LogP contribution in [0.15, 0.2) is 0 Å². The topological polar surface area (TPSA) is 75.6 Å². The molecule has 2 atom stereocenters. The summed E-state index contributed by atoms with van der Waals surface area (Å²) in [5.74, 6) is -0.782. The largest absolute Gasteiger partial charge is 0.479 e. The Labute approximate surface area is 102 Å². The average molecular weight is 243 g/mol. The van der Waals surface area contributed by atoms with Crippen LogP contribution in [0.3, 0.4) is 0 Å². The van der Waals surface area contributed by atoms with E-state index in [0.29, 0.717) is 6.42 Å². The Morgan fingerprint density at radius 3 is 2.24 bits per heavy atom. The Hall–Kier alpha value is -1.26. The molecule has 17 heavy (non-hydrogen) atoms. The van der Waals surface area contributed by atoms with Crippen LogP contribution in [0.4, 0.5) is 4.79 Å². The van der Waals surface area contributed by atoms with Crippen molar-refractivity contribution >= 4 is 12.1 Å². The first-order chi connectivity index (χ1) is 7.58. The number of carboxylic acid groups (broad SMARTS) is 1. The van der Waals surface area contributed by atoms with E-state index in [4.69, 9.17) is 4.74 Å². The van der Waals surface area contributed by atoms with Crippen molar-refractivity contribution in [1.82, 2.24) is 5.32 Å². The third-order valence-electron chi connectivity index (χ3n) is 2.93. The number of aliphatic carboxylic acids is 1. The van der Waals surface area contributed by atoms with Gasteiger partial charge in [-0.3, -0.25) is 0 Å². The molecule has 0 spiro atoms. The fraction of sp³-hybridized carbons (Fsp3) is 0.833. The monoisotopic (exact) mass is 243 g/mol. The summed E-state index contributed by atoms with van der Waals surface area (Å²) >= 11 is 0. The summed E-state index contributed by atoms with van der Waals surface area (Å²) in [5.41, 5.74) is -1.75. The van der Waals surface area contributed by atoms with E-state index in [1.54, 1.807) is 20.8 Å². The normalized spacial score (nSPS) is 27.8. The summed E-state index contributed by atoms with van der Waals surface area (Å²) in [6, 6.07) is 0. The van der Waals surface area contributed by atoms with Gasteiger partial charge >= 0.3 is 12.1 Å². The van der Waals surface area contributed by atoms with Gasteiger partial charge in [0.2, 0.25) is 0 Å². The first-order valence-corrected chi connectivity index (χ1v) is 5.83. The summed E-state index contributed by atoms with van der Waals surface area (Å²) in [6.07, 6.45) is -0.192. The zero-order valence-electron chi connectivity index (χ0n) is 11.0. The van der Waals surface area contributed by atoms with E-state index >= 15 is 0 Å². The Bertz CT molecular complexity index is 332. The molecule has 5 nitrogen and oxygen atoms in total. The maximum Gasteiger partial charge on any atom is 0.408 e. The Kier molecular flexibility index (Phi) is 3.41. The molecule has 5 heteroatoms. The van der Waals surface area contributed by atoms with Crippen molar-refractivity contribution in [1.29, 1.82) is 0 Å². The molecule has 98 valence electrons. The maximum atomic E-state index is 11.6. The van der Waals surface area contributed by atoms with Crippen molar-refractivity contribution in [3.63, 3.8) is 0 Å². The molecule has 1 aliphatic rings. The van der Waals surface area contributed by atoms with Gasteiger partial charge in [0.15, 0.2) is 0 Å². The minimum absolute atomic E-state index is 0.0208. The van der Waals surface area contributed by atoms with E-state index in [0.717, 1.165) is 0 Å². The average Bonchev–Trinajstić information content (AvgIpc) is 2.76. The highest BCUT2D eigenvalue weighted by atomic mass is 16.6. The van der Waals surface area contributed by atoms with E-state index in [1.165, 1.54) is 0 Å². The molecule has 1 fully saturated rings. The van der Waals surface area contributed by atoms with Gasteiger partial charge < -0.3 is 15.2 Å². The minimum atomic E-state index is -1.13. The lowest BCUT2D eigenvalue weighted by atomic mass is 10.0. The number of hydrogen-bond donors (Lipinski definition) is 2. The van der Waals surface area contributed by atoms with Crippen molar-refractivity contribution in [2.24, 2.45) is 11.8 Å². The number of rotatable bonds is 3. The molecular formula is C12H21NO4. The molecule has 0 heterocycles. The third-order valence-corrected chi connectivity index (χ3v) is 2.93. The van der Waals surface area contributed by atoms with Crippen LogP contribution in [0.25, 0.3) is 0 Å². The molecule has 2 N–H and O–H groups in total. The number of ether oxygens (including phenoxy) is 1. The Balaban J connectivity index is 2.66. The molecule has 0 aliphatic heterocycles. The van der Waals surface area contributed by atoms with E-state index in [2.05, 4.69) is 5.32 Å². The summed E-state index contributed by atoms with van der Waals surface area (Å²) in [6.45, 7) is 9.13. The molecule has 1 aliphatic carbocycles. The molecule has 0 saturated heterocycles. The molecule has 1 amide bonds. The van der Waals surface area contributed by atoms with Crippen molar-refractivity contribution < 1.29 is 19.4 Å². The standard InChI is InChI=1S/C12H21NO4/c1-7(2)8-6-12(8,9(14)15)13-10(16)17-11(3,4)5/h7-8H,6H2,1-5H3,(H,13,16)(H,14,15)/t8?,12-/m0/s1. The molecule has 0 radical (unpaired) electrons. The molecule has 1 rings (SSSR count). The fourth-order valence-corrected chi connectivity index (χ4v) is 2.02. The van der Waals surface area contributed by atoms with Gasteiger partial charge in [0.05, 0.1) is 0 Å². The Morgan fingerprint density at radius 1 is 1.41 bits per heavy atom. The molecule has 0 bridgehead atoms. The van der Waals surface area contributed by atoms with Crippen LogP contribution in [0, 0.1) is 11.8 Å². The van der Waals surface area contributed by atoms with Crippen molar-refractivity contribution in [3.05, 3.63) is 0 Å². The quantitative estimate of drug-likeness (QED) is 0.795. The van der Waals surface area contributed by atoms with Gasteiger partial charge in [0, 0.05) is 0 Å². The zero-order valence-corrected chi connectivity index (χ0v) is 11.0. The van der Waals surface area contributed by atoms with Gasteiger partial charge in [0.25, 0.3) is 0 Å². The van der Waals surface area contributed by atoms with Gasteiger partial charge in [-0.2, -0.15) is 0 Å². The predicted octanol–water partition coefficient (Wildman–Crippen LogP) is 2.01. The van der Waals surface area contributed by atoms with Crippen LogP contribution >= 0.6 is 0 Å². The SMILES string of the molecule is CC(C)C1C[C@@]1(NC(=O)OC(C)(C)C)C(=O)O. The van der Waals surface area contributed by atoms with Crippen LogP contribution in [-0.4, -0.2) is 28.3 Å². The third kappa shape index (κ3) is 3.11. The molecule has 0 aromatic rings. The van der Waals surface area contributed by atoms with E-state index < -0.39 is 23.2 Å². The maximum absolute atomic E-state index is 11.6. The number of carbonyl (C=O) groups excluding carboxylic acids is 1. The lowest BCUT2D eigenvalue weighted by Gasteiger charge is -2.22. The highest BCUT2D eigenvalue weighted by Gasteiger charge is 2.63. The lowest BCUT2D eigenvalue weighted by molar-refractivity contribution is -0.141. The van der Waals surface area contributed by atoms with Crippen molar-refractivity contribution in [2.45, 2.75) is 52.2 Å². The van der Waals surface area contributed by atoms with E-state index in [1.807, 2.05) is 13.8 Å². The van der Waals surface area contributed by atoms with Crippen LogP contribution in [0.1, 0.15) is 41.0 Å². The van der Waals surface area contributed by atoms with Crippen molar-refractivity contribution in [2.75, 3.05) is 0 Å². The lowest BCUT2D eigenvalue weighted by Crippen LogP contribution is -2.47. The zero-order chi connectivity index (χ0) is 13.4. The first kappa shape index (κ1) is 13.8. The number of amides is 1. The van der Waals surface area contributed by atoms with Gasteiger partial charge in [0.1, 0.15) is 11.1 Å². The number of hydrogen-bond acceptors (Lipinski definition) is 3. The molecule has 1 unspecified atom stereocenters. The van der Waals surface area contributed by atoms with Crippen LogP contribution < -0.4 is 5.32 Å². The van der Waals surface area contributed by atoms with Gasteiger partial charge in [-0.05, 0) is 39.0 Å². The number of carboxylic acids is 1. The van der Waals surface area contributed by atoms with Gasteiger partial charge in [-0.1, -0.05) is 13.8 Å². The predicted molar refractivity (Wildman–Crippen MR) is 62.7 cm³/mol. The summed E-state index contributed by atoms with van der Waals surface area (Å²) in [7, 11) is 0. The summed E-state index contributed by atoms with van der Waals surface area (Å²) in [4.78, 5) is 22.8. The summed E-state index contributed by atoms with van der Waals surface area (Å²) in [5, 5.41) is 11.7. The van der Waals surface area contributed by atoms with Crippen molar-refractivity contribution in [3.8, 4) is 0 Å². The smallest absolute Gasteiger partial charge is 0.408 e. The van der Waals surface area contributed by atoms with Crippen LogP contribution in [-0.2, 0) is 9.53 Å². The van der Waals surface area contributed by atoms with E-state index in [9.17, 15) is 14.7 Å². The van der Waals surface area contributed by atoms with Gasteiger partial charge in [-0.15, -0.1) is 0 Å². The summed E-state index contributed by atoms with van der Waals surface area (Å²) < 4.78 is 5.08. The van der Waals surface area contributed by atoms with Crippen LogP contribution in [0.2, 0.25) is 0 Å². The molecule has 0 aromatic heterocycles. The number of nitrogens with one attached hydrogen (secondary N) is 1. The highest BCUT2D eigenvalue weighted by molar-refractivity contribution is 5.88. The number of carbonyl (C=O) groups is 2. The minimum Gasteiger partial charge on any atom is -0.479 e. The second kappa shape index (κ2) is 4.20. The van der Waals surface area contributed by atoms with Gasteiger partial charge in [-0.25, -0.2) is 9.59 Å². The second-order valence-corrected chi connectivity index (χ2v) is 5.96. The fourth-order valence-electron chi connectivity index (χ4n) is 2.02.